The van der Waals surface area contributed by atoms with E-state index >= 15 is 0 Å². The topological polar surface area (TPSA) is 62.6 Å². The van der Waals surface area contributed by atoms with E-state index < -0.39 is 5.60 Å². The van der Waals surface area contributed by atoms with Crippen LogP contribution in [0.5, 0.6) is 0 Å². The minimum atomic E-state index is -0.492. The maximum absolute atomic E-state index is 12.5. The van der Waals surface area contributed by atoms with Gasteiger partial charge in [0.1, 0.15) is 5.60 Å². The monoisotopic (exact) mass is 372 g/mol. The Morgan fingerprint density at radius 3 is 2.85 bits per heavy atom. The summed E-state index contributed by atoms with van der Waals surface area (Å²) in [5.74, 6) is 0.218. The van der Waals surface area contributed by atoms with Crippen molar-refractivity contribution in [2.45, 2.75) is 65.1 Å². The Labute approximate surface area is 163 Å². The van der Waals surface area contributed by atoms with Crippen LogP contribution in [0.15, 0.2) is 24.3 Å². The quantitative estimate of drug-likeness (QED) is 0.659. The molecule has 0 radical (unpaired) electrons. The van der Waals surface area contributed by atoms with Gasteiger partial charge in [0.2, 0.25) is 0 Å². The number of aryl methyl sites for hydroxylation is 1. The summed E-state index contributed by atoms with van der Waals surface area (Å²) >= 11 is 0. The van der Waals surface area contributed by atoms with E-state index in [1.54, 1.807) is 4.90 Å². The van der Waals surface area contributed by atoms with Crippen molar-refractivity contribution in [1.29, 1.82) is 5.26 Å². The molecule has 1 saturated heterocycles. The van der Waals surface area contributed by atoms with Crippen LogP contribution in [-0.4, -0.2) is 36.3 Å². The highest BCUT2D eigenvalue weighted by atomic mass is 16.6. The number of rotatable bonds is 6. The zero-order valence-electron chi connectivity index (χ0n) is 17.0. The molecule has 1 aromatic carbocycles. The van der Waals surface area contributed by atoms with Crippen molar-refractivity contribution in [2.75, 3.05) is 19.7 Å². The second kappa shape index (κ2) is 9.75. The number of benzene rings is 1. The highest BCUT2D eigenvalue weighted by molar-refractivity contribution is 5.68. The average Bonchev–Trinajstić information content (AvgIpc) is 2.60. The lowest BCUT2D eigenvalue weighted by atomic mass is 9.88. The lowest BCUT2D eigenvalue weighted by Gasteiger charge is -2.37. The van der Waals surface area contributed by atoms with Crippen molar-refractivity contribution in [1.82, 2.24) is 4.90 Å². The van der Waals surface area contributed by atoms with Crippen LogP contribution in [0.4, 0.5) is 4.79 Å². The average molecular weight is 373 g/mol. The van der Waals surface area contributed by atoms with Crippen molar-refractivity contribution in [3.8, 4) is 6.07 Å². The minimum Gasteiger partial charge on any atom is -0.444 e. The van der Waals surface area contributed by atoms with Crippen LogP contribution in [0.25, 0.3) is 0 Å². The molecule has 0 aliphatic carbocycles. The summed E-state index contributed by atoms with van der Waals surface area (Å²) in [5, 5.41) is 8.76. The first kappa shape index (κ1) is 21.2. The molecule has 148 valence electrons. The van der Waals surface area contributed by atoms with Gasteiger partial charge >= 0.3 is 6.09 Å². The summed E-state index contributed by atoms with van der Waals surface area (Å²) in [5.41, 5.74) is 1.84. The van der Waals surface area contributed by atoms with E-state index in [2.05, 4.69) is 31.2 Å². The number of carbonyl (C=O) groups excluding carboxylic acids is 1. The van der Waals surface area contributed by atoms with Gasteiger partial charge in [0, 0.05) is 32.0 Å². The number of nitrogens with zero attached hydrogens (tertiary/aromatic N) is 2. The fourth-order valence-corrected chi connectivity index (χ4v) is 3.46. The number of likely N-dealkylation sites (tertiary alicyclic amines) is 1. The molecule has 1 aliphatic heterocycles. The van der Waals surface area contributed by atoms with Gasteiger partial charge in [0.15, 0.2) is 0 Å². The van der Waals surface area contributed by atoms with Crippen molar-refractivity contribution < 1.29 is 14.3 Å². The first-order chi connectivity index (χ1) is 12.8. The van der Waals surface area contributed by atoms with E-state index in [0.717, 1.165) is 31.4 Å². The summed E-state index contributed by atoms with van der Waals surface area (Å²) in [4.78, 5) is 14.3. The second-order valence-corrected chi connectivity index (χ2v) is 8.30. The van der Waals surface area contributed by atoms with Crippen LogP contribution in [0.3, 0.4) is 0 Å². The second-order valence-electron chi connectivity index (χ2n) is 8.30. The Balaban J connectivity index is 2.11. The van der Waals surface area contributed by atoms with Gasteiger partial charge in [0.25, 0.3) is 0 Å². The molecule has 27 heavy (non-hydrogen) atoms. The molecule has 5 nitrogen and oxygen atoms in total. The molecule has 0 bridgehead atoms. The van der Waals surface area contributed by atoms with E-state index in [4.69, 9.17) is 14.7 Å². The molecule has 0 spiro atoms. The molecule has 0 aromatic heterocycles. The molecule has 5 heteroatoms. The van der Waals surface area contributed by atoms with Crippen molar-refractivity contribution >= 4 is 6.09 Å². The summed E-state index contributed by atoms with van der Waals surface area (Å²) in [7, 11) is 0. The molecule has 2 unspecified atom stereocenters. The van der Waals surface area contributed by atoms with Crippen LogP contribution < -0.4 is 0 Å². The lowest BCUT2D eigenvalue weighted by Crippen LogP contribution is -2.44. The summed E-state index contributed by atoms with van der Waals surface area (Å²) in [6.07, 6.45) is 2.84. The Hall–Kier alpha value is -2.06. The molecule has 2 rings (SSSR count). The molecule has 0 saturated carbocycles. The van der Waals surface area contributed by atoms with Crippen LogP contribution in [0.2, 0.25) is 0 Å². The third-order valence-electron chi connectivity index (χ3n) is 4.64. The summed E-state index contributed by atoms with van der Waals surface area (Å²) < 4.78 is 11.8. The third kappa shape index (κ3) is 6.88. The minimum absolute atomic E-state index is 0.0752. The van der Waals surface area contributed by atoms with Gasteiger partial charge in [-0.1, -0.05) is 29.8 Å². The number of unbranched alkanes of at least 4 members (excludes halogenated alkanes) is 1. The summed E-state index contributed by atoms with van der Waals surface area (Å²) in [6.45, 7) is 9.64. The van der Waals surface area contributed by atoms with Gasteiger partial charge in [-0.05, 0) is 52.5 Å². The van der Waals surface area contributed by atoms with Crippen molar-refractivity contribution in [3.63, 3.8) is 0 Å². The Bertz CT molecular complexity index is 660. The normalized spacial score (nSPS) is 18.6. The van der Waals surface area contributed by atoms with Crippen molar-refractivity contribution in [2.24, 2.45) is 5.92 Å². The SMILES string of the molecule is Cc1cccc(C(OCCCC#N)C2CCCN(C(=O)OC(C)(C)C)C2)c1. The van der Waals surface area contributed by atoms with Crippen molar-refractivity contribution in [3.05, 3.63) is 35.4 Å². The predicted octanol–water partition coefficient (Wildman–Crippen LogP) is 5.00. The molecule has 1 aromatic rings. The molecule has 1 amide bonds. The van der Waals surface area contributed by atoms with Gasteiger partial charge in [0.05, 0.1) is 12.2 Å². The number of hydrogen-bond acceptors (Lipinski definition) is 4. The number of hydrogen-bond donors (Lipinski definition) is 0. The standard InChI is InChI=1S/C22H32N2O3/c1-17-9-7-10-18(15-17)20(26-14-6-5-12-23)19-11-8-13-24(16-19)21(25)27-22(2,3)4/h7,9-10,15,19-20H,5-6,8,11,13-14,16H2,1-4H3. The van der Waals surface area contributed by atoms with Crippen LogP contribution in [-0.2, 0) is 9.47 Å². The highest BCUT2D eigenvalue weighted by Crippen LogP contribution is 2.34. The van der Waals surface area contributed by atoms with Crippen LogP contribution in [0, 0.1) is 24.2 Å². The Morgan fingerprint density at radius 1 is 1.41 bits per heavy atom. The van der Waals surface area contributed by atoms with Crippen LogP contribution >= 0.6 is 0 Å². The van der Waals surface area contributed by atoms with Gasteiger partial charge < -0.3 is 14.4 Å². The van der Waals surface area contributed by atoms with Gasteiger partial charge in [-0.3, -0.25) is 0 Å². The first-order valence-corrected chi connectivity index (χ1v) is 9.83. The van der Waals surface area contributed by atoms with E-state index in [-0.39, 0.29) is 18.1 Å². The Kier molecular flexibility index (Phi) is 7.67. The molecule has 2 atom stereocenters. The van der Waals surface area contributed by atoms with Gasteiger partial charge in [-0.25, -0.2) is 4.79 Å². The maximum Gasteiger partial charge on any atom is 0.410 e. The van der Waals surface area contributed by atoms with Gasteiger partial charge in [-0.2, -0.15) is 5.26 Å². The number of ether oxygens (including phenoxy) is 2. The first-order valence-electron chi connectivity index (χ1n) is 9.83. The van der Waals surface area contributed by atoms with Crippen LogP contribution in [0.1, 0.15) is 63.7 Å². The summed E-state index contributed by atoms with van der Waals surface area (Å²) in [6, 6.07) is 10.5. The molecule has 0 N–H and O–H groups in total. The number of nitriles is 1. The fraction of sp³-hybridized carbons (Fsp3) is 0.636. The zero-order valence-corrected chi connectivity index (χ0v) is 17.0. The predicted molar refractivity (Wildman–Crippen MR) is 105 cm³/mol. The Morgan fingerprint density at radius 2 is 2.19 bits per heavy atom. The number of amides is 1. The maximum atomic E-state index is 12.5. The largest absolute Gasteiger partial charge is 0.444 e. The molecular formula is C22H32N2O3. The van der Waals surface area contributed by atoms with E-state index in [1.807, 2.05) is 26.8 Å². The molecule has 1 aliphatic rings. The fourth-order valence-electron chi connectivity index (χ4n) is 3.46. The third-order valence-corrected chi connectivity index (χ3v) is 4.64. The number of carbonyl (C=O) groups is 1. The zero-order chi connectivity index (χ0) is 19.9. The lowest BCUT2D eigenvalue weighted by molar-refractivity contribution is -0.0260. The van der Waals surface area contributed by atoms with E-state index in [9.17, 15) is 4.79 Å². The smallest absolute Gasteiger partial charge is 0.410 e. The van der Waals surface area contributed by atoms with Gasteiger partial charge in [-0.15, -0.1) is 0 Å². The molecular weight excluding hydrogens is 340 g/mol. The molecule has 1 fully saturated rings. The number of piperidine rings is 1. The highest BCUT2D eigenvalue weighted by Gasteiger charge is 2.33. The van der Waals surface area contributed by atoms with E-state index in [0.29, 0.717) is 19.6 Å². The van der Waals surface area contributed by atoms with E-state index in [1.165, 1.54) is 5.56 Å². The molecule has 1 heterocycles.